The Kier molecular flexibility index (Phi) is 7.67. The summed E-state index contributed by atoms with van der Waals surface area (Å²) in [5.41, 5.74) is 0.615. The molecular formula is C14H26O4Si. The quantitative estimate of drug-likeness (QED) is 0.422. The van der Waals surface area contributed by atoms with Gasteiger partial charge in [0, 0.05) is 20.2 Å². The summed E-state index contributed by atoms with van der Waals surface area (Å²) in [6.45, 7) is 11.7. The molecule has 1 atom stereocenters. The summed E-state index contributed by atoms with van der Waals surface area (Å²) in [4.78, 5) is 21.5. The van der Waals surface area contributed by atoms with Crippen LogP contribution in [-0.4, -0.2) is 31.7 Å². The van der Waals surface area contributed by atoms with Crippen molar-refractivity contribution in [2.24, 2.45) is 5.92 Å². The van der Waals surface area contributed by atoms with Gasteiger partial charge in [-0.3, -0.25) is 0 Å². The Morgan fingerprint density at radius 1 is 1.21 bits per heavy atom. The minimum atomic E-state index is -1.26. The third-order valence-electron chi connectivity index (χ3n) is 3.05. The van der Waals surface area contributed by atoms with Crippen LogP contribution in [0.25, 0.3) is 0 Å². The number of carboxylic acids is 1. The maximum Gasteiger partial charge on any atom is 0.331 e. The van der Waals surface area contributed by atoms with E-state index in [1.54, 1.807) is 0 Å². The van der Waals surface area contributed by atoms with Crippen LogP contribution >= 0.6 is 0 Å². The first-order valence-corrected chi connectivity index (χ1v) is 10.3. The molecule has 0 aliphatic heterocycles. The first-order chi connectivity index (χ1) is 8.62. The molecule has 0 heterocycles. The van der Waals surface area contributed by atoms with Crippen LogP contribution in [-0.2, 0) is 14.3 Å². The molecule has 0 aromatic carbocycles. The third kappa shape index (κ3) is 9.47. The number of ether oxygens (including phenoxy) is 1. The number of esters is 1. The smallest absolute Gasteiger partial charge is 0.331 e. The van der Waals surface area contributed by atoms with Gasteiger partial charge in [0.1, 0.15) is 0 Å². The lowest BCUT2D eigenvalue weighted by molar-refractivity contribution is -0.138. The molecule has 0 saturated heterocycles. The van der Waals surface area contributed by atoms with Crippen molar-refractivity contribution in [3.63, 3.8) is 0 Å². The number of hydrogen-bond donors (Lipinski definition) is 1. The molecule has 0 aromatic heterocycles. The number of carboxylic acid groups (broad SMARTS) is 1. The predicted molar refractivity (Wildman–Crippen MR) is 78.9 cm³/mol. The summed E-state index contributed by atoms with van der Waals surface area (Å²) in [5, 5.41) is 8.39. The average Bonchev–Trinajstić information content (AvgIpc) is 2.23. The monoisotopic (exact) mass is 286 g/mol. The first-order valence-electron chi connectivity index (χ1n) is 6.70. The van der Waals surface area contributed by atoms with E-state index >= 15 is 0 Å². The molecule has 19 heavy (non-hydrogen) atoms. The summed E-state index contributed by atoms with van der Waals surface area (Å²) in [6, 6.07) is 0. The second-order valence-corrected chi connectivity index (χ2v) is 11.9. The van der Waals surface area contributed by atoms with Crippen LogP contribution in [0.2, 0.25) is 25.2 Å². The van der Waals surface area contributed by atoms with E-state index in [1.165, 1.54) is 0 Å². The molecule has 0 saturated carbocycles. The van der Waals surface area contributed by atoms with Crippen LogP contribution in [0, 0.1) is 5.92 Å². The molecule has 0 aromatic rings. The van der Waals surface area contributed by atoms with Crippen LogP contribution in [0.15, 0.2) is 12.2 Å². The van der Waals surface area contributed by atoms with Gasteiger partial charge in [-0.1, -0.05) is 39.9 Å². The molecule has 0 amide bonds. The molecule has 0 aliphatic carbocycles. The summed E-state index contributed by atoms with van der Waals surface area (Å²) in [5.74, 6) is -1.09. The lowest BCUT2D eigenvalue weighted by atomic mass is 10.1. The lowest BCUT2D eigenvalue weighted by Crippen LogP contribution is -2.30. The SMILES string of the molecule is CC(C)CC(CCOC(=O)/C=C/C(=O)O)[Si](C)(C)C. The van der Waals surface area contributed by atoms with Gasteiger partial charge < -0.3 is 9.84 Å². The molecule has 0 fully saturated rings. The fraction of sp³-hybridized carbons (Fsp3) is 0.714. The third-order valence-corrected chi connectivity index (χ3v) is 6.03. The summed E-state index contributed by atoms with van der Waals surface area (Å²) in [6.07, 6.45) is 3.76. The Labute approximate surface area is 116 Å². The molecular weight excluding hydrogens is 260 g/mol. The topological polar surface area (TPSA) is 63.6 Å². The van der Waals surface area contributed by atoms with E-state index in [0.29, 0.717) is 18.1 Å². The van der Waals surface area contributed by atoms with Crippen molar-refractivity contribution in [1.82, 2.24) is 0 Å². The molecule has 110 valence electrons. The highest BCUT2D eigenvalue weighted by Crippen LogP contribution is 2.32. The molecule has 0 spiro atoms. The van der Waals surface area contributed by atoms with Crippen LogP contribution in [0.1, 0.15) is 26.7 Å². The second-order valence-electron chi connectivity index (χ2n) is 6.32. The highest BCUT2D eigenvalue weighted by atomic mass is 28.3. The number of hydrogen-bond acceptors (Lipinski definition) is 3. The highest BCUT2D eigenvalue weighted by molar-refractivity contribution is 6.77. The zero-order valence-corrected chi connectivity index (χ0v) is 13.6. The normalized spacial score (nSPS) is 13.8. The van der Waals surface area contributed by atoms with Crippen molar-refractivity contribution in [1.29, 1.82) is 0 Å². The van der Waals surface area contributed by atoms with Gasteiger partial charge in [-0.2, -0.15) is 0 Å². The number of rotatable bonds is 8. The zero-order valence-electron chi connectivity index (χ0n) is 12.6. The van der Waals surface area contributed by atoms with Crippen LogP contribution in [0.5, 0.6) is 0 Å². The molecule has 0 rings (SSSR count). The van der Waals surface area contributed by atoms with Gasteiger partial charge in [-0.25, -0.2) is 9.59 Å². The van der Waals surface area contributed by atoms with Crippen LogP contribution in [0.4, 0.5) is 0 Å². The van der Waals surface area contributed by atoms with Crippen molar-refractivity contribution in [3.05, 3.63) is 12.2 Å². The lowest BCUT2D eigenvalue weighted by Gasteiger charge is -2.30. The van der Waals surface area contributed by atoms with Crippen molar-refractivity contribution >= 4 is 20.0 Å². The van der Waals surface area contributed by atoms with Gasteiger partial charge in [0.15, 0.2) is 0 Å². The largest absolute Gasteiger partial charge is 0.478 e. The average molecular weight is 286 g/mol. The second kappa shape index (κ2) is 8.14. The fourth-order valence-electron chi connectivity index (χ4n) is 1.96. The molecule has 1 N–H and O–H groups in total. The van der Waals surface area contributed by atoms with E-state index in [0.717, 1.165) is 25.0 Å². The van der Waals surface area contributed by atoms with Gasteiger partial charge >= 0.3 is 11.9 Å². The Bertz CT molecular complexity index is 329. The Morgan fingerprint density at radius 3 is 2.21 bits per heavy atom. The van der Waals surface area contributed by atoms with Gasteiger partial charge in [0.05, 0.1) is 6.61 Å². The van der Waals surface area contributed by atoms with Crippen molar-refractivity contribution in [3.8, 4) is 0 Å². The maximum absolute atomic E-state index is 11.2. The summed E-state index contributed by atoms with van der Waals surface area (Å²) in [7, 11) is -1.26. The Balaban J connectivity index is 4.20. The van der Waals surface area contributed by atoms with E-state index in [9.17, 15) is 9.59 Å². The Morgan fingerprint density at radius 2 is 1.79 bits per heavy atom. The zero-order chi connectivity index (χ0) is 15.1. The summed E-state index contributed by atoms with van der Waals surface area (Å²) >= 11 is 0. The van der Waals surface area contributed by atoms with Crippen LogP contribution < -0.4 is 0 Å². The van der Waals surface area contributed by atoms with Gasteiger partial charge in [0.2, 0.25) is 0 Å². The molecule has 4 nitrogen and oxygen atoms in total. The molecule has 0 bridgehead atoms. The van der Waals surface area contributed by atoms with Crippen molar-refractivity contribution < 1.29 is 19.4 Å². The summed E-state index contributed by atoms with van der Waals surface area (Å²) < 4.78 is 5.03. The Hall–Kier alpha value is -1.10. The molecule has 0 radical (unpaired) electrons. The van der Waals surface area contributed by atoms with Gasteiger partial charge in [-0.05, 0) is 17.9 Å². The van der Waals surface area contributed by atoms with Crippen LogP contribution in [0.3, 0.4) is 0 Å². The van der Waals surface area contributed by atoms with E-state index in [4.69, 9.17) is 9.84 Å². The minimum absolute atomic E-state index is 0.366. The van der Waals surface area contributed by atoms with E-state index in [1.807, 2.05) is 0 Å². The first kappa shape index (κ1) is 17.9. The maximum atomic E-state index is 11.2. The standard InChI is InChI=1S/C14H26O4Si/c1-11(2)10-12(19(3,4)5)8-9-18-14(17)7-6-13(15)16/h6-7,11-12H,8-10H2,1-5H3,(H,15,16)/b7-6+. The highest BCUT2D eigenvalue weighted by Gasteiger charge is 2.27. The van der Waals surface area contributed by atoms with Crippen molar-refractivity contribution in [2.75, 3.05) is 6.61 Å². The molecule has 0 aliphatic rings. The molecule has 1 unspecified atom stereocenters. The minimum Gasteiger partial charge on any atom is -0.478 e. The van der Waals surface area contributed by atoms with E-state index in [-0.39, 0.29) is 0 Å². The predicted octanol–water partition coefficient (Wildman–Crippen LogP) is 3.32. The van der Waals surface area contributed by atoms with Gasteiger partial charge in [-0.15, -0.1) is 0 Å². The number of carbonyl (C=O) groups is 2. The fourth-order valence-corrected chi connectivity index (χ4v) is 4.13. The molecule has 5 heteroatoms. The van der Waals surface area contributed by atoms with E-state index in [2.05, 4.69) is 33.5 Å². The van der Waals surface area contributed by atoms with Crippen molar-refractivity contribution in [2.45, 2.75) is 51.9 Å². The number of aliphatic carboxylic acids is 1. The van der Waals surface area contributed by atoms with E-state index < -0.39 is 20.0 Å². The number of carbonyl (C=O) groups excluding carboxylic acids is 1. The van der Waals surface area contributed by atoms with Gasteiger partial charge in [0.25, 0.3) is 0 Å².